The molecule has 2 aliphatic carbocycles. The van der Waals surface area contributed by atoms with E-state index in [2.05, 4.69) is 13.8 Å². The summed E-state index contributed by atoms with van der Waals surface area (Å²) in [7, 11) is -3.64. The van der Waals surface area contributed by atoms with E-state index in [0.29, 0.717) is 12.3 Å². The van der Waals surface area contributed by atoms with Crippen LogP contribution in [0.15, 0.2) is 0 Å². The Kier molecular flexibility index (Phi) is 3.95. The summed E-state index contributed by atoms with van der Waals surface area (Å²) >= 11 is 0. The third kappa shape index (κ3) is 2.07. The Morgan fingerprint density at radius 3 is 2.42 bits per heavy atom. The number of ketones is 1. The van der Waals surface area contributed by atoms with Crippen LogP contribution in [0.4, 0.5) is 0 Å². The van der Waals surface area contributed by atoms with Crippen molar-refractivity contribution in [3.63, 3.8) is 0 Å². The number of carbonyl (C=O) groups is 2. The van der Waals surface area contributed by atoms with Crippen molar-refractivity contribution >= 4 is 21.7 Å². The molecular formula is C18H29NO4S. The zero-order chi connectivity index (χ0) is 18.1. The van der Waals surface area contributed by atoms with Gasteiger partial charge in [-0.2, -0.15) is 0 Å². The van der Waals surface area contributed by atoms with Crippen LogP contribution < -0.4 is 0 Å². The first-order chi connectivity index (χ1) is 11.0. The zero-order valence-corrected chi connectivity index (χ0v) is 16.1. The second kappa shape index (κ2) is 5.29. The summed E-state index contributed by atoms with van der Waals surface area (Å²) < 4.78 is 26.8. The highest BCUT2D eigenvalue weighted by molar-refractivity contribution is 7.90. The minimum Gasteiger partial charge on any atom is -0.299 e. The van der Waals surface area contributed by atoms with Gasteiger partial charge in [0, 0.05) is 11.3 Å². The van der Waals surface area contributed by atoms with Gasteiger partial charge in [-0.15, -0.1) is 0 Å². The van der Waals surface area contributed by atoms with E-state index in [9.17, 15) is 18.0 Å². The molecule has 0 aromatic heterocycles. The Balaban J connectivity index is 1.95. The van der Waals surface area contributed by atoms with Gasteiger partial charge in [-0.05, 0) is 43.9 Å². The van der Waals surface area contributed by atoms with Crippen LogP contribution in [0.2, 0.25) is 0 Å². The van der Waals surface area contributed by atoms with Crippen LogP contribution in [0.3, 0.4) is 0 Å². The average Bonchev–Trinajstić information content (AvgIpc) is 2.99. The molecule has 3 rings (SSSR count). The van der Waals surface area contributed by atoms with Gasteiger partial charge in [0.15, 0.2) is 0 Å². The Bertz CT molecular complexity index is 683. The van der Waals surface area contributed by atoms with E-state index in [-0.39, 0.29) is 34.3 Å². The average molecular weight is 356 g/mol. The molecule has 5 nitrogen and oxygen atoms in total. The summed E-state index contributed by atoms with van der Waals surface area (Å²) in [5, 5.41) is 0. The van der Waals surface area contributed by atoms with Crippen molar-refractivity contribution in [1.82, 2.24) is 4.31 Å². The molecule has 24 heavy (non-hydrogen) atoms. The Morgan fingerprint density at radius 1 is 1.25 bits per heavy atom. The van der Waals surface area contributed by atoms with Crippen molar-refractivity contribution in [2.75, 3.05) is 5.75 Å². The number of hydrogen-bond acceptors (Lipinski definition) is 4. The van der Waals surface area contributed by atoms with Crippen LogP contribution in [0.1, 0.15) is 60.3 Å². The first-order valence-electron chi connectivity index (χ1n) is 9.09. The van der Waals surface area contributed by atoms with Gasteiger partial charge in [0.1, 0.15) is 5.78 Å². The Morgan fingerprint density at radius 2 is 1.88 bits per heavy atom. The lowest BCUT2D eigenvalue weighted by molar-refractivity contribution is -0.140. The summed E-state index contributed by atoms with van der Waals surface area (Å²) in [5.74, 6) is -1.24. The van der Waals surface area contributed by atoms with E-state index in [1.165, 1.54) is 0 Å². The van der Waals surface area contributed by atoms with Gasteiger partial charge in [0.25, 0.3) is 0 Å². The van der Waals surface area contributed by atoms with Crippen LogP contribution in [-0.4, -0.2) is 36.2 Å². The van der Waals surface area contributed by atoms with Crippen LogP contribution in [-0.2, 0) is 19.6 Å². The number of nitrogens with zero attached hydrogens (tertiary/aromatic N) is 1. The van der Waals surface area contributed by atoms with Crippen LogP contribution in [0.5, 0.6) is 0 Å². The fraction of sp³-hybridized carbons (Fsp3) is 0.889. The molecule has 0 unspecified atom stereocenters. The van der Waals surface area contributed by atoms with Crippen LogP contribution >= 0.6 is 0 Å². The molecule has 0 radical (unpaired) electrons. The van der Waals surface area contributed by atoms with Gasteiger partial charge in [0.05, 0.1) is 17.7 Å². The topological polar surface area (TPSA) is 71.5 Å². The zero-order valence-electron chi connectivity index (χ0n) is 15.3. The normalized spacial score (nSPS) is 38.0. The number of Topliss-reactive ketones (excluding diaryl/α,β-unsaturated/α-hetero) is 1. The quantitative estimate of drug-likeness (QED) is 0.727. The van der Waals surface area contributed by atoms with Gasteiger partial charge >= 0.3 is 0 Å². The Hall–Kier alpha value is -0.910. The van der Waals surface area contributed by atoms with Gasteiger partial charge in [0.2, 0.25) is 15.9 Å². The molecule has 6 heteroatoms. The van der Waals surface area contributed by atoms with Crippen LogP contribution in [0, 0.1) is 28.6 Å². The lowest BCUT2D eigenvalue weighted by Gasteiger charge is -2.37. The fourth-order valence-corrected chi connectivity index (χ4v) is 8.13. The highest BCUT2D eigenvalue weighted by atomic mass is 32.2. The highest BCUT2D eigenvalue weighted by Gasteiger charge is 2.72. The van der Waals surface area contributed by atoms with Gasteiger partial charge < -0.3 is 0 Å². The number of amides is 1. The third-order valence-corrected chi connectivity index (χ3v) is 9.44. The predicted octanol–water partition coefficient (Wildman–Crippen LogP) is 2.60. The maximum Gasteiger partial charge on any atom is 0.246 e. The Labute approximate surface area is 145 Å². The van der Waals surface area contributed by atoms with Crippen molar-refractivity contribution in [3.05, 3.63) is 0 Å². The number of rotatable bonds is 4. The number of fused-ring (bicyclic) bond motifs is 1. The second-order valence-corrected chi connectivity index (χ2v) is 10.5. The molecule has 136 valence electrons. The molecule has 1 heterocycles. The van der Waals surface area contributed by atoms with E-state index in [1.54, 1.807) is 13.8 Å². The molecule has 2 saturated carbocycles. The maximum atomic E-state index is 13.0. The molecule has 0 N–H and O–H groups in total. The van der Waals surface area contributed by atoms with E-state index < -0.39 is 21.8 Å². The van der Waals surface area contributed by atoms with Crippen LogP contribution in [0.25, 0.3) is 0 Å². The first kappa shape index (κ1) is 17.9. The van der Waals surface area contributed by atoms with Gasteiger partial charge in [-0.25, -0.2) is 12.7 Å². The van der Waals surface area contributed by atoms with Gasteiger partial charge in [-0.3, -0.25) is 9.59 Å². The number of hydrogen-bond donors (Lipinski definition) is 0. The van der Waals surface area contributed by atoms with E-state index in [4.69, 9.17) is 0 Å². The van der Waals surface area contributed by atoms with Crippen molar-refractivity contribution in [3.8, 4) is 0 Å². The van der Waals surface area contributed by atoms with E-state index in [0.717, 1.165) is 23.6 Å². The molecule has 3 aliphatic rings. The molecule has 1 saturated heterocycles. The summed E-state index contributed by atoms with van der Waals surface area (Å²) in [6.45, 7) is 9.58. The largest absolute Gasteiger partial charge is 0.299 e. The second-order valence-electron chi connectivity index (χ2n) is 8.69. The molecular weight excluding hydrogens is 326 g/mol. The molecule has 1 aliphatic heterocycles. The number of sulfonamides is 1. The van der Waals surface area contributed by atoms with Crippen molar-refractivity contribution in [2.45, 2.75) is 66.3 Å². The monoisotopic (exact) mass is 355 g/mol. The number of carbonyl (C=O) groups excluding carboxylic acids is 2. The smallest absolute Gasteiger partial charge is 0.246 e. The molecule has 0 aromatic carbocycles. The standard InChI is InChI=1S/C18H29NO4S/c1-6-11(2)15(20)12(3)16(21)19-14-9-13-7-8-18(14,17(13,4)5)10-24(19,22)23/h11-14H,6-10H2,1-5H3/t11-,12+,13+,14+,18+/m0/s1. The SMILES string of the molecule is CC[C@H](C)C(=O)[C@@H](C)C(=O)N1[C@@H]2C[C@H]3CC[C@]2(CS1(=O)=O)C3(C)C. The molecule has 5 atom stereocenters. The minimum atomic E-state index is -3.64. The third-order valence-electron chi connectivity index (χ3n) is 7.52. The first-order valence-corrected chi connectivity index (χ1v) is 10.7. The van der Waals surface area contributed by atoms with Gasteiger partial charge in [-0.1, -0.05) is 27.7 Å². The lowest BCUT2D eigenvalue weighted by Crippen LogP contribution is -2.47. The molecule has 1 amide bonds. The molecule has 1 spiro atoms. The van der Waals surface area contributed by atoms with E-state index >= 15 is 0 Å². The molecule has 3 fully saturated rings. The lowest BCUT2D eigenvalue weighted by atomic mass is 9.69. The van der Waals surface area contributed by atoms with Crippen molar-refractivity contribution in [2.24, 2.45) is 28.6 Å². The summed E-state index contributed by atoms with van der Waals surface area (Å²) in [4.78, 5) is 25.4. The van der Waals surface area contributed by atoms with E-state index in [1.807, 2.05) is 6.92 Å². The molecule has 2 bridgehead atoms. The van der Waals surface area contributed by atoms with Crippen molar-refractivity contribution in [1.29, 1.82) is 0 Å². The maximum absolute atomic E-state index is 13.0. The van der Waals surface area contributed by atoms with Crippen molar-refractivity contribution < 1.29 is 18.0 Å². The summed E-state index contributed by atoms with van der Waals surface area (Å²) in [6, 6.07) is -0.254. The molecule has 0 aromatic rings. The minimum absolute atomic E-state index is 0.0597. The fourth-order valence-electron chi connectivity index (χ4n) is 5.52. The summed E-state index contributed by atoms with van der Waals surface area (Å²) in [5.41, 5.74) is -0.394. The highest BCUT2D eigenvalue weighted by Crippen LogP contribution is 2.70. The predicted molar refractivity (Wildman–Crippen MR) is 91.6 cm³/mol. The summed E-state index contributed by atoms with van der Waals surface area (Å²) in [6.07, 6.45) is 3.32.